The van der Waals surface area contributed by atoms with Crippen molar-refractivity contribution in [3.05, 3.63) is 78.1 Å². The molecule has 3 rings (SSSR count). The zero-order chi connectivity index (χ0) is 20.0. The predicted octanol–water partition coefficient (Wildman–Crippen LogP) is 2.42. The van der Waals surface area contributed by atoms with Crippen LogP contribution in [-0.4, -0.2) is 32.0 Å². The summed E-state index contributed by atoms with van der Waals surface area (Å²) in [6.07, 6.45) is 2.27. The molecule has 0 spiro atoms. The van der Waals surface area contributed by atoms with Gasteiger partial charge in [0.25, 0.3) is 0 Å². The third-order valence-electron chi connectivity index (χ3n) is 4.28. The second-order valence-corrected chi connectivity index (χ2v) is 8.03. The highest BCUT2D eigenvalue weighted by Gasteiger charge is 2.07. The van der Waals surface area contributed by atoms with Gasteiger partial charge >= 0.3 is 0 Å². The van der Waals surface area contributed by atoms with Crippen molar-refractivity contribution in [2.75, 3.05) is 23.8 Å². The number of hydrogen-bond donors (Lipinski definition) is 2. The van der Waals surface area contributed by atoms with Crippen LogP contribution in [0.4, 0.5) is 11.6 Å². The van der Waals surface area contributed by atoms with E-state index in [0.29, 0.717) is 6.54 Å². The molecule has 0 radical (unpaired) electrons. The van der Waals surface area contributed by atoms with E-state index in [4.69, 9.17) is 5.14 Å². The molecule has 0 saturated carbocycles. The first-order chi connectivity index (χ1) is 13.4. The van der Waals surface area contributed by atoms with Crippen molar-refractivity contribution < 1.29 is 8.42 Å². The highest BCUT2D eigenvalue weighted by molar-refractivity contribution is 7.89. The lowest BCUT2D eigenvalue weighted by Gasteiger charge is -2.18. The van der Waals surface area contributed by atoms with E-state index in [9.17, 15) is 8.42 Å². The summed E-state index contributed by atoms with van der Waals surface area (Å²) in [7, 11) is -1.66. The predicted molar refractivity (Wildman–Crippen MR) is 111 cm³/mol. The monoisotopic (exact) mass is 397 g/mol. The van der Waals surface area contributed by atoms with Crippen LogP contribution in [0.25, 0.3) is 0 Å². The molecule has 0 amide bonds. The zero-order valence-corrected chi connectivity index (χ0v) is 16.4. The molecule has 28 heavy (non-hydrogen) atoms. The van der Waals surface area contributed by atoms with Crippen LogP contribution in [0, 0.1) is 0 Å². The lowest BCUT2D eigenvalue weighted by molar-refractivity contribution is 0.598. The smallest absolute Gasteiger partial charge is 0.238 e. The van der Waals surface area contributed by atoms with E-state index in [0.717, 1.165) is 30.2 Å². The largest absolute Gasteiger partial charge is 0.370 e. The first-order valence-electron chi connectivity index (χ1n) is 8.84. The van der Waals surface area contributed by atoms with Crippen LogP contribution in [0.2, 0.25) is 0 Å². The Hall–Kier alpha value is -2.97. The highest BCUT2D eigenvalue weighted by atomic mass is 32.2. The van der Waals surface area contributed by atoms with E-state index in [1.165, 1.54) is 17.7 Å². The Labute approximate surface area is 165 Å². The Morgan fingerprint density at radius 3 is 2.39 bits per heavy atom. The number of nitrogens with zero attached hydrogens (tertiary/aromatic N) is 3. The molecule has 0 saturated heterocycles. The zero-order valence-electron chi connectivity index (χ0n) is 15.6. The lowest BCUT2D eigenvalue weighted by atomic mass is 10.1. The van der Waals surface area contributed by atoms with Crippen molar-refractivity contribution in [2.24, 2.45) is 5.14 Å². The molecular weight excluding hydrogens is 374 g/mol. The summed E-state index contributed by atoms with van der Waals surface area (Å²) in [6.45, 7) is 1.42. The van der Waals surface area contributed by atoms with Crippen LogP contribution >= 0.6 is 0 Å². The third-order valence-corrected chi connectivity index (χ3v) is 5.21. The molecule has 0 aliphatic carbocycles. The lowest BCUT2D eigenvalue weighted by Crippen LogP contribution is -2.18. The second kappa shape index (κ2) is 8.81. The Balaban J connectivity index is 1.56. The summed E-state index contributed by atoms with van der Waals surface area (Å²) in [5, 5.41) is 8.39. The van der Waals surface area contributed by atoms with Crippen LogP contribution in [0.1, 0.15) is 11.1 Å². The maximum atomic E-state index is 11.3. The van der Waals surface area contributed by atoms with E-state index < -0.39 is 10.0 Å². The Kier molecular flexibility index (Phi) is 6.23. The van der Waals surface area contributed by atoms with Crippen molar-refractivity contribution in [1.82, 2.24) is 9.97 Å². The SMILES string of the molecule is CN(Cc1ccccc1)c1cc(NCCc2ccc(S(N)(=O)=O)cc2)ncn1. The average molecular weight is 398 g/mol. The van der Waals surface area contributed by atoms with Gasteiger partial charge in [0.15, 0.2) is 0 Å². The number of rotatable bonds is 8. The molecule has 3 aromatic rings. The summed E-state index contributed by atoms with van der Waals surface area (Å²) in [4.78, 5) is 10.8. The molecule has 0 atom stereocenters. The van der Waals surface area contributed by atoms with Gasteiger partial charge in [-0.1, -0.05) is 42.5 Å². The summed E-state index contributed by atoms with van der Waals surface area (Å²) in [6, 6.07) is 18.7. The van der Waals surface area contributed by atoms with Crippen molar-refractivity contribution in [3.63, 3.8) is 0 Å². The Morgan fingerprint density at radius 2 is 1.71 bits per heavy atom. The Morgan fingerprint density at radius 1 is 1.00 bits per heavy atom. The van der Waals surface area contributed by atoms with Crippen molar-refractivity contribution in [1.29, 1.82) is 0 Å². The van der Waals surface area contributed by atoms with E-state index >= 15 is 0 Å². The summed E-state index contributed by atoms with van der Waals surface area (Å²) >= 11 is 0. The van der Waals surface area contributed by atoms with Gasteiger partial charge in [0.05, 0.1) is 4.90 Å². The maximum Gasteiger partial charge on any atom is 0.238 e. The number of aromatic nitrogens is 2. The fourth-order valence-electron chi connectivity index (χ4n) is 2.77. The number of hydrogen-bond acceptors (Lipinski definition) is 6. The second-order valence-electron chi connectivity index (χ2n) is 6.47. The fraction of sp³-hybridized carbons (Fsp3) is 0.200. The highest BCUT2D eigenvalue weighted by Crippen LogP contribution is 2.16. The maximum absolute atomic E-state index is 11.3. The molecule has 0 fully saturated rings. The number of nitrogens with one attached hydrogen (secondary N) is 1. The van der Waals surface area contributed by atoms with Crippen LogP contribution in [0.5, 0.6) is 0 Å². The summed E-state index contributed by atoms with van der Waals surface area (Å²) < 4.78 is 22.6. The van der Waals surface area contributed by atoms with Gasteiger partial charge in [0.2, 0.25) is 10.0 Å². The van der Waals surface area contributed by atoms with Gasteiger partial charge in [-0.15, -0.1) is 0 Å². The van der Waals surface area contributed by atoms with Crippen molar-refractivity contribution in [3.8, 4) is 0 Å². The molecule has 0 aliphatic rings. The van der Waals surface area contributed by atoms with Crippen molar-refractivity contribution >= 4 is 21.7 Å². The molecule has 0 aliphatic heterocycles. The first-order valence-corrected chi connectivity index (χ1v) is 10.4. The van der Waals surface area contributed by atoms with Crippen LogP contribution < -0.4 is 15.4 Å². The van der Waals surface area contributed by atoms with Crippen molar-refractivity contribution in [2.45, 2.75) is 17.9 Å². The van der Waals surface area contributed by atoms with Gasteiger partial charge < -0.3 is 10.2 Å². The minimum Gasteiger partial charge on any atom is -0.370 e. The fourth-order valence-corrected chi connectivity index (χ4v) is 3.29. The number of anilines is 2. The number of benzene rings is 2. The van der Waals surface area contributed by atoms with E-state index in [-0.39, 0.29) is 4.90 Å². The van der Waals surface area contributed by atoms with Gasteiger partial charge in [-0.05, 0) is 29.7 Å². The molecule has 2 aromatic carbocycles. The van der Waals surface area contributed by atoms with Gasteiger partial charge in [0.1, 0.15) is 18.0 Å². The summed E-state index contributed by atoms with van der Waals surface area (Å²) in [5.41, 5.74) is 2.22. The average Bonchev–Trinajstić information content (AvgIpc) is 2.69. The van der Waals surface area contributed by atoms with Gasteiger partial charge in [-0.3, -0.25) is 0 Å². The van der Waals surface area contributed by atoms with Gasteiger partial charge in [-0.25, -0.2) is 23.5 Å². The molecule has 7 nitrogen and oxygen atoms in total. The molecule has 1 heterocycles. The van der Waals surface area contributed by atoms with E-state index in [1.54, 1.807) is 18.5 Å². The minimum atomic E-state index is -3.66. The van der Waals surface area contributed by atoms with E-state index in [2.05, 4.69) is 32.3 Å². The molecule has 3 N–H and O–H groups in total. The quantitative estimate of drug-likeness (QED) is 0.605. The molecular formula is C20H23N5O2S. The van der Waals surface area contributed by atoms with Crippen LogP contribution in [0.15, 0.2) is 71.9 Å². The van der Waals surface area contributed by atoms with Crippen LogP contribution in [-0.2, 0) is 23.0 Å². The minimum absolute atomic E-state index is 0.117. The normalized spacial score (nSPS) is 11.2. The molecule has 1 aromatic heterocycles. The van der Waals surface area contributed by atoms with Gasteiger partial charge in [0, 0.05) is 26.2 Å². The molecule has 0 bridgehead atoms. The Bertz CT molecular complexity index is 1010. The standard InChI is InChI=1S/C20H23N5O2S/c1-25(14-17-5-3-2-4-6-17)20-13-19(23-15-24-20)22-12-11-16-7-9-18(10-8-16)28(21,26)27/h2-10,13,15H,11-12,14H2,1H3,(H2,21,26,27)(H,22,23,24). The van der Waals surface area contributed by atoms with Gasteiger partial charge in [-0.2, -0.15) is 0 Å². The summed E-state index contributed by atoms with van der Waals surface area (Å²) in [5.74, 6) is 1.57. The third kappa shape index (κ3) is 5.51. The topological polar surface area (TPSA) is 101 Å². The van der Waals surface area contributed by atoms with Crippen LogP contribution in [0.3, 0.4) is 0 Å². The number of nitrogens with two attached hydrogens (primary N) is 1. The van der Waals surface area contributed by atoms with E-state index in [1.807, 2.05) is 31.3 Å². The number of primary sulfonamides is 1. The number of sulfonamides is 1. The molecule has 146 valence electrons. The first kappa shape index (κ1) is 19.8. The molecule has 8 heteroatoms. The molecule has 0 unspecified atom stereocenters.